The average molecular weight is 348 g/mol. The van der Waals surface area contributed by atoms with E-state index in [4.69, 9.17) is 21.1 Å². The lowest BCUT2D eigenvalue weighted by Crippen LogP contribution is -2.37. The second-order valence-corrected chi connectivity index (χ2v) is 5.86. The predicted molar refractivity (Wildman–Crippen MR) is 95.7 cm³/mol. The van der Waals surface area contributed by atoms with Crippen LogP contribution in [0, 0.1) is 6.92 Å². The molecule has 0 saturated carbocycles. The minimum absolute atomic E-state index is 0.156. The molecule has 5 heteroatoms. The number of halogens is 1. The summed E-state index contributed by atoms with van der Waals surface area (Å²) in [5, 5.41) is 3.58. The van der Waals surface area contributed by atoms with Crippen LogP contribution in [0.2, 0.25) is 5.02 Å². The van der Waals surface area contributed by atoms with Crippen LogP contribution in [0.3, 0.4) is 0 Å². The number of amides is 1. The van der Waals surface area contributed by atoms with Gasteiger partial charge >= 0.3 is 0 Å². The van der Waals surface area contributed by atoms with Crippen LogP contribution in [0.1, 0.15) is 24.5 Å². The van der Waals surface area contributed by atoms with Crippen LogP contribution >= 0.6 is 11.6 Å². The van der Waals surface area contributed by atoms with E-state index in [1.165, 1.54) is 0 Å². The van der Waals surface area contributed by atoms with Crippen molar-refractivity contribution in [3.63, 3.8) is 0 Å². The van der Waals surface area contributed by atoms with Gasteiger partial charge in [0.15, 0.2) is 6.10 Å². The van der Waals surface area contributed by atoms with Crippen molar-refractivity contribution >= 4 is 17.5 Å². The SMILES string of the molecule is CC[C@@H](Oc1ccc(Cl)c(C)c1)C(=O)NCc1ccccc1OC. The van der Waals surface area contributed by atoms with Crippen LogP contribution in [-0.4, -0.2) is 19.1 Å². The van der Waals surface area contributed by atoms with E-state index in [-0.39, 0.29) is 5.91 Å². The van der Waals surface area contributed by atoms with E-state index >= 15 is 0 Å². The number of carbonyl (C=O) groups is 1. The molecule has 0 fully saturated rings. The number of nitrogens with one attached hydrogen (secondary N) is 1. The molecule has 0 aliphatic heterocycles. The molecule has 0 aromatic heterocycles. The molecule has 0 unspecified atom stereocenters. The Bertz CT molecular complexity index is 703. The zero-order chi connectivity index (χ0) is 17.5. The summed E-state index contributed by atoms with van der Waals surface area (Å²) < 4.78 is 11.1. The summed E-state index contributed by atoms with van der Waals surface area (Å²) in [6, 6.07) is 13.0. The van der Waals surface area contributed by atoms with Crippen molar-refractivity contribution in [2.75, 3.05) is 7.11 Å². The average Bonchev–Trinajstić information content (AvgIpc) is 2.60. The Balaban J connectivity index is 1.99. The van der Waals surface area contributed by atoms with Crippen LogP contribution in [0.4, 0.5) is 0 Å². The fourth-order valence-electron chi connectivity index (χ4n) is 2.32. The summed E-state index contributed by atoms with van der Waals surface area (Å²) >= 11 is 6.01. The summed E-state index contributed by atoms with van der Waals surface area (Å²) in [5.74, 6) is 1.23. The van der Waals surface area contributed by atoms with E-state index < -0.39 is 6.10 Å². The van der Waals surface area contributed by atoms with Gasteiger partial charge in [-0.15, -0.1) is 0 Å². The number of rotatable bonds is 7. The molecule has 2 aromatic carbocycles. The number of hydrogen-bond donors (Lipinski definition) is 1. The van der Waals surface area contributed by atoms with Gasteiger partial charge in [0, 0.05) is 17.1 Å². The highest BCUT2D eigenvalue weighted by atomic mass is 35.5. The largest absolute Gasteiger partial charge is 0.496 e. The summed E-state index contributed by atoms with van der Waals surface area (Å²) in [6.45, 7) is 4.20. The first kappa shape index (κ1) is 18.1. The van der Waals surface area contributed by atoms with Crippen molar-refractivity contribution in [3.05, 3.63) is 58.6 Å². The van der Waals surface area contributed by atoms with Gasteiger partial charge < -0.3 is 14.8 Å². The first-order chi connectivity index (χ1) is 11.5. The number of methoxy groups -OCH3 is 1. The van der Waals surface area contributed by atoms with E-state index in [0.29, 0.717) is 23.7 Å². The molecule has 0 saturated heterocycles. The van der Waals surface area contributed by atoms with E-state index in [1.807, 2.05) is 44.2 Å². The Morgan fingerprint density at radius 1 is 1.25 bits per heavy atom. The van der Waals surface area contributed by atoms with Gasteiger partial charge in [0.25, 0.3) is 5.91 Å². The van der Waals surface area contributed by atoms with Gasteiger partial charge in [0.05, 0.1) is 7.11 Å². The van der Waals surface area contributed by atoms with Gasteiger partial charge in [-0.1, -0.05) is 36.7 Å². The maximum atomic E-state index is 12.4. The Morgan fingerprint density at radius 2 is 2.00 bits per heavy atom. The molecule has 2 rings (SSSR count). The maximum Gasteiger partial charge on any atom is 0.261 e. The molecule has 1 N–H and O–H groups in total. The lowest BCUT2D eigenvalue weighted by Gasteiger charge is -2.18. The molecular formula is C19H22ClNO3. The van der Waals surface area contributed by atoms with E-state index in [9.17, 15) is 4.79 Å². The van der Waals surface area contributed by atoms with E-state index in [2.05, 4.69) is 5.32 Å². The van der Waals surface area contributed by atoms with Gasteiger partial charge in [0.2, 0.25) is 0 Å². The Labute approximate surface area is 147 Å². The van der Waals surface area contributed by atoms with Gasteiger partial charge in [-0.2, -0.15) is 0 Å². The van der Waals surface area contributed by atoms with Crippen LogP contribution in [0.15, 0.2) is 42.5 Å². The van der Waals surface area contributed by atoms with Gasteiger partial charge in [-0.05, 0) is 43.2 Å². The molecule has 0 spiro atoms. The molecule has 0 bridgehead atoms. The van der Waals surface area contributed by atoms with Crippen molar-refractivity contribution in [1.82, 2.24) is 5.32 Å². The third-order valence-electron chi connectivity index (χ3n) is 3.72. The van der Waals surface area contributed by atoms with E-state index in [0.717, 1.165) is 16.9 Å². The zero-order valence-corrected chi connectivity index (χ0v) is 14.9. The molecule has 24 heavy (non-hydrogen) atoms. The Kier molecular flexibility index (Phi) is 6.50. The molecule has 0 aliphatic carbocycles. The lowest BCUT2D eigenvalue weighted by molar-refractivity contribution is -0.128. The molecule has 1 amide bonds. The molecule has 0 aliphatic rings. The third kappa shape index (κ3) is 4.65. The first-order valence-corrected chi connectivity index (χ1v) is 8.25. The monoisotopic (exact) mass is 347 g/mol. The maximum absolute atomic E-state index is 12.4. The molecule has 0 heterocycles. The van der Waals surface area contributed by atoms with Crippen molar-refractivity contribution in [3.8, 4) is 11.5 Å². The summed E-state index contributed by atoms with van der Waals surface area (Å²) in [4.78, 5) is 12.4. The fraction of sp³-hybridized carbons (Fsp3) is 0.316. The first-order valence-electron chi connectivity index (χ1n) is 7.87. The number of carbonyl (C=O) groups excluding carboxylic acids is 1. The predicted octanol–water partition coefficient (Wildman–Crippen LogP) is 4.13. The van der Waals surface area contributed by atoms with Crippen LogP contribution in [0.5, 0.6) is 11.5 Å². The molecule has 0 radical (unpaired) electrons. The third-order valence-corrected chi connectivity index (χ3v) is 4.14. The highest BCUT2D eigenvalue weighted by molar-refractivity contribution is 6.31. The van der Waals surface area contributed by atoms with Gasteiger partial charge in [-0.25, -0.2) is 0 Å². The van der Waals surface area contributed by atoms with Crippen LogP contribution < -0.4 is 14.8 Å². The smallest absolute Gasteiger partial charge is 0.261 e. The molecule has 128 valence electrons. The quantitative estimate of drug-likeness (QED) is 0.819. The highest BCUT2D eigenvalue weighted by Crippen LogP contribution is 2.22. The van der Waals surface area contributed by atoms with Crippen LogP contribution in [0.25, 0.3) is 0 Å². The number of hydrogen-bond acceptors (Lipinski definition) is 3. The second kappa shape index (κ2) is 8.60. The minimum Gasteiger partial charge on any atom is -0.496 e. The van der Waals surface area contributed by atoms with Crippen molar-refractivity contribution < 1.29 is 14.3 Å². The lowest BCUT2D eigenvalue weighted by atomic mass is 10.2. The highest BCUT2D eigenvalue weighted by Gasteiger charge is 2.18. The topological polar surface area (TPSA) is 47.6 Å². The summed E-state index contributed by atoms with van der Waals surface area (Å²) in [7, 11) is 1.61. The number of para-hydroxylation sites is 1. The standard InChI is InChI=1S/C19H22ClNO3/c1-4-17(24-15-9-10-16(20)13(2)11-15)19(22)21-12-14-7-5-6-8-18(14)23-3/h5-11,17H,4,12H2,1-3H3,(H,21,22)/t17-/m1/s1. The minimum atomic E-state index is -0.555. The molecule has 1 atom stereocenters. The zero-order valence-electron chi connectivity index (χ0n) is 14.1. The number of ether oxygens (including phenoxy) is 2. The number of benzene rings is 2. The second-order valence-electron chi connectivity index (χ2n) is 5.46. The summed E-state index contributed by atoms with van der Waals surface area (Å²) in [5.41, 5.74) is 1.84. The van der Waals surface area contributed by atoms with Gasteiger partial charge in [0.1, 0.15) is 11.5 Å². The Morgan fingerprint density at radius 3 is 2.67 bits per heavy atom. The van der Waals surface area contributed by atoms with Crippen molar-refractivity contribution in [1.29, 1.82) is 0 Å². The Hall–Kier alpha value is -2.20. The van der Waals surface area contributed by atoms with Gasteiger partial charge in [-0.3, -0.25) is 4.79 Å². The summed E-state index contributed by atoms with van der Waals surface area (Å²) in [6.07, 6.45) is 0.0136. The van der Waals surface area contributed by atoms with Crippen molar-refractivity contribution in [2.24, 2.45) is 0 Å². The molecular weight excluding hydrogens is 326 g/mol. The van der Waals surface area contributed by atoms with Crippen LogP contribution in [-0.2, 0) is 11.3 Å². The van der Waals surface area contributed by atoms with E-state index in [1.54, 1.807) is 19.2 Å². The number of aryl methyl sites for hydroxylation is 1. The molecule has 2 aromatic rings. The van der Waals surface area contributed by atoms with Crippen molar-refractivity contribution in [2.45, 2.75) is 32.9 Å². The molecule has 4 nitrogen and oxygen atoms in total. The fourth-order valence-corrected chi connectivity index (χ4v) is 2.44. The normalized spacial score (nSPS) is 11.7.